The van der Waals surface area contributed by atoms with E-state index in [0.717, 1.165) is 0 Å². The van der Waals surface area contributed by atoms with Crippen molar-refractivity contribution >= 4 is 0 Å². The highest BCUT2D eigenvalue weighted by Gasteiger charge is 1.89. The standard InChI is InChI=1S/C6H8N2O/c1-2-4-8-5-3-6(9)7-8/h2-3,5H,1,4H2,(H,7,9). The van der Waals surface area contributed by atoms with Crippen molar-refractivity contribution in [1.82, 2.24) is 9.78 Å². The van der Waals surface area contributed by atoms with Crippen molar-refractivity contribution < 1.29 is 5.11 Å². The average molecular weight is 124 g/mol. The first-order chi connectivity index (χ1) is 4.33. The lowest BCUT2D eigenvalue weighted by Crippen LogP contribution is -1.93. The van der Waals surface area contributed by atoms with E-state index in [9.17, 15) is 0 Å². The van der Waals surface area contributed by atoms with E-state index in [1.54, 1.807) is 17.0 Å². The Morgan fingerprint density at radius 3 is 3.11 bits per heavy atom. The number of allylic oxidation sites excluding steroid dienone is 1. The van der Waals surface area contributed by atoms with Crippen LogP contribution in [0, 0.1) is 0 Å². The number of rotatable bonds is 2. The molecule has 3 nitrogen and oxygen atoms in total. The topological polar surface area (TPSA) is 38.0 Å². The van der Waals surface area contributed by atoms with E-state index in [2.05, 4.69) is 11.7 Å². The van der Waals surface area contributed by atoms with E-state index in [1.165, 1.54) is 6.07 Å². The third kappa shape index (κ3) is 1.32. The van der Waals surface area contributed by atoms with Crippen LogP contribution >= 0.6 is 0 Å². The largest absolute Gasteiger partial charge is 0.492 e. The third-order valence-electron chi connectivity index (χ3n) is 0.943. The second kappa shape index (κ2) is 2.35. The van der Waals surface area contributed by atoms with E-state index in [-0.39, 0.29) is 5.88 Å². The van der Waals surface area contributed by atoms with E-state index >= 15 is 0 Å². The zero-order valence-corrected chi connectivity index (χ0v) is 4.99. The fraction of sp³-hybridized carbons (Fsp3) is 0.167. The molecule has 0 spiro atoms. The lowest BCUT2D eigenvalue weighted by Gasteiger charge is -1.89. The molecule has 0 unspecified atom stereocenters. The molecule has 0 aromatic carbocycles. The Bertz CT molecular complexity index is 205. The summed E-state index contributed by atoms with van der Waals surface area (Å²) in [5, 5.41) is 12.4. The van der Waals surface area contributed by atoms with Gasteiger partial charge in [-0.2, -0.15) is 0 Å². The van der Waals surface area contributed by atoms with Crippen LogP contribution in [0.25, 0.3) is 0 Å². The Kier molecular flexibility index (Phi) is 1.53. The number of hydrogen-bond donors (Lipinski definition) is 1. The van der Waals surface area contributed by atoms with Crippen molar-refractivity contribution in [2.75, 3.05) is 0 Å². The first-order valence-corrected chi connectivity index (χ1v) is 2.66. The maximum Gasteiger partial charge on any atom is 0.230 e. The first-order valence-electron chi connectivity index (χ1n) is 2.66. The summed E-state index contributed by atoms with van der Waals surface area (Å²) in [4.78, 5) is 0. The molecule has 0 aliphatic carbocycles. The molecule has 0 amide bonds. The van der Waals surface area contributed by atoms with Gasteiger partial charge in [-0.25, -0.2) is 0 Å². The van der Waals surface area contributed by atoms with Gasteiger partial charge in [0.25, 0.3) is 0 Å². The minimum Gasteiger partial charge on any atom is -0.492 e. The van der Waals surface area contributed by atoms with E-state index in [1.807, 2.05) is 0 Å². The first kappa shape index (κ1) is 5.88. The van der Waals surface area contributed by atoms with Gasteiger partial charge in [-0.05, 0) is 0 Å². The van der Waals surface area contributed by atoms with Gasteiger partial charge in [0.15, 0.2) is 0 Å². The maximum atomic E-state index is 8.71. The molecule has 0 fully saturated rings. The summed E-state index contributed by atoms with van der Waals surface area (Å²) < 4.78 is 1.60. The summed E-state index contributed by atoms with van der Waals surface area (Å²) in [7, 11) is 0. The third-order valence-corrected chi connectivity index (χ3v) is 0.943. The van der Waals surface area contributed by atoms with Gasteiger partial charge in [-0.15, -0.1) is 11.7 Å². The fourth-order valence-electron chi connectivity index (χ4n) is 0.585. The number of hydrogen-bond acceptors (Lipinski definition) is 2. The molecule has 0 radical (unpaired) electrons. The molecule has 1 rings (SSSR count). The van der Waals surface area contributed by atoms with Crippen LogP contribution in [-0.4, -0.2) is 14.9 Å². The minimum atomic E-state index is 0.0526. The molecule has 0 saturated carbocycles. The molecule has 0 atom stereocenters. The van der Waals surface area contributed by atoms with Crippen molar-refractivity contribution in [3.05, 3.63) is 24.9 Å². The normalized spacial score (nSPS) is 9.33. The van der Waals surface area contributed by atoms with Crippen molar-refractivity contribution in [2.24, 2.45) is 0 Å². The van der Waals surface area contributed by atoms with Crippen LogP contribution < -0.4 is 0 Å². The van der Waals surface area contributed by atoms with Gasteiger partial charge in [0.2, 0.25) is 5.88 Å². The minimum absolute atomic E-state index is 0.0526. The van der Waals surface area contributed by atoms with Crippen LogP contribution in [0.3, 0.4) is 0 Å². The molecule has 0 aliphatic heterocycles. The molecule has 3 heteroatoms. The maximum absolute atomic E-state index is 8.71. The monoisotopic (exact) mass is 124 g/mol. The summed E-state index contributed by atoms with van der Waals surface area (Å²) in [6, 6.07) is 1.53. The second-order valence-electron chi connectivity index (χ2n) is 1.68. The van der Waals surface area contributed by atoms with Crippen molar-refractivity contribution in [2.45, 2.75) is 6.54 Å². The van der Waals surface area contributed by atoms with Crippen molar-refractivity contribution in [1.29, 1.82) is 0 Å². The Morgan fingerprint density at radius 2 is 2.67 bits per heavy atom. The van der Waals surface area contributed by atoms with Crippen molar-refractivity contribution in [3.63, 3.8) is 0 Å². The molecule has 1 aromatic heterocycles. The Hall–Kier alpha value is -1.25. The predicted molar refractivity (Wildman–Crippen MR) is 34.1 cm³/mol. The summed E-state index contributed by atoms with van der Waals surface area (Å²) >= 11 is 0. The van der Waals surface area contributed by atoms with E-state index in [0.29, 0.717) is 6.54 Å². The predicted octanol–water partition coefficient (Wildman–Crippen LogP) is 0.775. The van der Waals surface area contributed by atoms with Crippen molar-refractivity contribution in [3.8, 4) is 5.88 Å². The molecule has 1 heterocycles. The van der Waals surface area contributed by atoms with E-state index in [4.69, 9.17) is 5.11 Å². The highest BCUT2D eigenvalue weighted by molar-refractivity contribution is 5.02. The highest BCUT2D eigenvalue weighted by Crippen LogP contribution is 2.00. The van der Waals surface area contributed by atoms with Gasteiger partial charge >= 0.3 is 0 Å². The van der Waals surface area contributed by atoms with Gasteiger partial charge in [0.1, 0.15) is 0 Å². The zero-order chi connectivity index (χ0) is 6.69. The quantitative estimate of drug-likeness (QED) is 0.591. The van der Waals surface area contributed by atoms with Crippen LogP contribution in [0.15, 0.2) is 24.9 Å². The molecule has 0 aliphatic rings. The second-order valence-corrected chi connectivity index (χ2v) is 1.68. The van der Waals surface area contributed by atoms with Gasteiger partial charge < -0.3 is 5.11 Å². The fourth-order valence-corrected chi connectivity index (χ4v) is 0.585. The Morgan fingerprint density at radius 1 is 1.89 bits per heavy atom. The van der Waals surface area contributed by atoms with Crippen LogP contribution in [0.2, 0.25) is 0 Å². The molecule has 0 saturated heterocycles. The smallest absolute Gasteiger partial charge is 0.230 e. The number of nitrogens with zero attached hydrogens (tertiary/aromatic N) is 2. The lowest BCUT2D eigenvalue weighted by atomic mass is 10.6. The molecule has 1 N–H and O–H groups in total. The molecule has 1 aromatic rings. The Balaban J connectivity index is 2.72. The number of aromatic hydroxyl groups is 1. The average Bonchev–Trinajstić information content (AvgIpc) is 2.17. The van der Waals surface area contributed by atoms with Crippen LogP contribution in [0.4, 0.5) is 0 Å². The lowest BCUT2D eigenvalue weighted by molar-refractivity contribution is 0.441. The van der Waals surface area contributed by atoms with Gasteiger partial charge in [0, 0.05) is 12.3 Å². The highest BCUT2D eigenvalue weighted by atomic mass is 16.3. The van der Waals surface area contributed by atoms with Crippen LogP contribution in [-0.2, 0) is 6.54 Å². The van der Waals surface area contributed by atoms with Gasteiger partial charge in [-0.3, -0.25) is 4.68 Å². The van der Waals surface area contributed by atoms with E-state index < -0.39 is 0 Å². The van der Waals surface area contributed by atoms with Gasteiger partial charge in [-0.1, -0.05) is 6.08 Å². The molecule has 0 bridgehead atoms. The molecular weight excluding hydrogens is 116 g/mol. The summed E-state index contributed by atoms with van der Waals surface area (Å²) in [5.41, 5.74) is 0. The SMILES string of the molecule is C=CCn1ccc(O)n1. The molecule has 48 valence electrons. The number of aromatic nitrogens is 2. The molecular formula is C6H8N2O. The van der Waals surface area contributed by atoms with Gasteiger partial charge in [0.05, 0.1) is 6.54 Å². The summed E-state index contributed by atoms with van der Waals surface area (Å²) in [6.07, 6.45) is 3.41. The van der Waals surface area contributed by atoms with Crippen LogP contribution in [0.5, 0.6) is 5.88 Å². The summed E-state index contributed by atoms with van der Waals surface area (Å²) in [6.45, 7) is 4.16. The summed E-state index contributed by atoms with van der Waals surface area (Å²) in [5.74, 6) is 0.0526. The van der Waals surface area contributed by atoms with Crippen LogP contribution in [0.1, 0.15) is 0 Å². The zero-order valence-electron chi connectivity index (χ0n) is 4.99. The molecule has 9 heavy (non-hydrogen) atoms. The Labute approximate surface area is 53.2 Å².